The molecule has 0 aromatic heterocycles. The molecule has 2 rings (SSSR count). The van der Waals surface area contributed by atoms with Crippen molar-refractivity contribution in [2.45, 2.75) is 6.92 Å². The Balaban J connectivity index is 2.12. The molecule has 2 aromatic rings. The number of phenolic OH excluding ortho intramolecular Hbond substituents is 1. The molecule has 9 heteroatoms. The Morgan fingerprint density at radius 1 is 1.20 bits per heavy atom. The highest BCUT2D eigenvalue weighted by atomic mass is 35.5. The highest BCUT2D eigenvalue weighted by molar-refractivity contribution is 7.82. The van der Waals surface area contributed by atoms with Gasteiger partial charge in [0.15, 0.2) is 0 Å². The van der Waals surface area contributed by atoms with E-state index < -0.39 is 6.03 Å². The molecule has 0 aliphatic rings. The number of benzene rings is 2. The quantitative estimate of drug-likeness (QED) is 0.477. The number of carbonyl (C=O) groups excluding carboxylic acids is 2. The van der Waals surface area contributed by atoms with Gasteiger partial charge in [0.25, 0.3) is 0 Å². The Bertz CT molecular complexity index is 799. The van der Waals surface area contributed by atoms with Gasteiger partial charge in [-0.1, -0.05) is 24.4 Å². The van der Waals surface area contributed by atoms with Gasteiger partial charge in [-0.3, -0.25) is 4.79 Å². The van der Waals surface area contributed by atoms with Gasteiger partial charge >= 0.3 is 6.03 Å². The molecular formula is C16H16ClN3O4S. The van der Waals surface area contributed by atoms with Crippen LogP contribution in [0.2, 0.25) is 5.02 Å². The fourth-order valence-electron chi connectivity index (χ4n) is 1.97. The number of hydrogen-bond acceptors (Lipinski definition) is 5. The van der Waals surface area contributed by atoms with Crippen LogP contribution in [0.25, 0.3) is 0 Å². The molecule has 0 atom stereocenters. The van der Waals surface area contributed by atoms with Crippen LogP contribution < -0.4 is 19.7 Å². The number of urea groups is 1. The van der Waals surface area contributed by atoms with Gasteiger partial charge in [-0.25, -0.2) is 9.10 Å². The third kappa shape index (κ3) is 4.71. The zero-order valence-electron chi connectivity index (χ0n) is 13.4. The van der Waals surface area contributed by atoms with Gasteiger partial charge < -0.3 is 20.5 Å². The number of ether oxygens (including phenoxy) is 1. The van der Waals surface area contributed by atoms with Crippen molar-refractivity contribution in [3.8, 4) is 11.5 Å². The Kier molecular flexibility index (Phi) is 6.00. The summed E-state index contributed by atoms with van der Waals surface area (Å²) in [5, 5.41) is 15.3. The molecule has 3 amide bonds. The van der Waals surface area contributed by atoms with Crippen LogP contribution in [0.5, 0.6) is 11.5 Å². The third-order valence-electron chi connectivity index (χ3n) is 3.14. The topological polar surface area (TPSA) is 90.9 Å². The minimum Gasteiger partial charge on any atom is -0.506 e. The van der Waals surface area contributed by atoms with Crippen LogP contribution in [0, 0.1) is 0 Å². The summed E-state index contributed by atoms with van der Waals surface area (Å²) in [7, 11) is 1.42. The summed E-state index contributed by atoms with van der Waals surface area (Å²) in [5.41, 5.74) is 1.18. The summed E-state index contributed by atoms with van der Waals surface area (Å²) in [6.45, 7) is 1.40. The largest absolute Gasteiger partial charge is 0.506 e. The summed E-state index contributed by atoms with van der Waals surface area (Å²) in [5.74, 6) is -0.106. The molecular weight excluding hydrogens is 366 g/mol. The minimum atomic E-state index is -0.604. The molecule has 0 fully saturated rings. The maximum Gasteiger partial charge on any atom is 0.336 e. The van der Waals surface area contributed by atoms with E-state index in [4.69, 9.17) is 16.3 Å². The highest BCUT2D eigenvalue weighted by Gasteiger charge is 2.16. The van der Waals surface area contributed by atoms with Crippen LogP contribution in [-0.4, -0.2) is 24.2 Å². The second-order valence-electron chi connectivity index (χ2n) is 4.97. The first-order valence-corrected chi connectivity index (χ1v) is 7.83. The molecule has 0 bridgehead atoms. The molecule has 0 radical (unpaired) electrons. The predicted molar refractivity (Wildman–Crippen MR) is 101 cm³/mol. The van der Waals surface area contributed by atoms with Crippen LogP contribution in [0.4, 0.5) is 21.9 Å². The lowest BCUT2D eigenvalue weighted by molar-refractivity contribution is -0.114. The zero-order chi connectivity index (χ0) is 18.6. The summed E-state index contributed by atoms with van der Waals surface area (Å²) in [4.78, 5) is 23.3. The van der Waals surface area contributed by atoms with Crippen molar-refractivity contribution in [3.05, 3.63) is 41.4 Å². The third-order valence-corrected chi connectivity index (χ3v) is 3.84. The number of amides is 3. The first kappa shape index (κ1) is 18.8. The summed E-state index contributed by atoms with van der Waals surface area (Å²) in [6.07, 6.45) is 0. The molecule has 0 saturated heterocycles. The van der Waals surface area contributed by atoms with Gasteiger partial charge in [-0.15, -0.1) is 0 Å². The molecule has 0 unspecified atom stereocenters. The average Bonchev–Trinajstić information content (AvgIpc) is 2.57. The van der Waals surface area contributed by atoms with Crippen molar-refractivity contribution in [1.29, 1.82) is 0 Å². The van der Waals surface area contributed by atoms with E-state index in [2.05, 4.69) is 23.4 Å². The minimum absolute atomic E-state index is 0.115. The van der Waals surface area contributed by atoms with Crippen molar-refractivity contribution in [2.75, 3.05) is 22.0 Å². The van der Waals surface area contributed by atoms with Crippen molar-refractivity contribution >= 4 is 53.4 Å². The smallest absolute Gasteiger partial charge is 0.336 e. The van der Waals surface area contributed by atoms with Gasteiger partial charge in [0.2, 0.25) is 5.91 Å². The number of hydrogen-bond donors (Lipinski definition) is 4. The van der Waals surface area contributed by atoms with Crippen LogP contribution in [0.1, 0.15) is 6.92 Å². The lowest BCUT2D eigenvalue weighted by Crippen LogP contribution is -2.26. The van der Waals surface area contributed by atoms with Gasteiger partial charge in [-0.05, 0) is 30.3 Å². The maximum atomic E-state index is 12.3. The number of rotatable bonds is 4. The van der Waals surface area contributed by atoms with Crippen LogP contribution >= 0.6 is 24.4 Å². The number of halogens is 1. The van der Waals surface area contributed by atoms with E-state index in [9.17, 15) is 14.7 Å². The monoisotopic (exact) mass is 381 g/mol. The average molecular weight is 382 g/mol. The Labute approximate surface area is 155 Å². The Morgan fingerprint density at radius 3 is 2.40 bits per heavy atom. The molecule has 0 aliphatic heterocycles. The molecule has 132 valence electrons. The number of methoxy groups -OCH3 is 1. The first-order valence-electron chi connectivity index (χ1n) is 7.06. The lowest BCUT2D eigenvalue weighted by atomic mass is 10.2. The number of phenols is 1. The van der Waals surface area contributed by atoms with Crippen LogP contribution in [-0.2, 0) is 4.79 Å². The van der Waals surface area contributed by atoms with Crippen LogP contribution in [0.15, 0.2) is 36.4 Å². The van der Waals surface area contributed by atoms with Gasteiger partial charge in [0, 0.05) is 18.7 Å². The van der Waals surface area contributed by atoms with E-state index in [0.29, 0.717) is 11.4 Å². The van der Waals surface area contributed by atoms with Crippen molar-refractivity contribution in [1.82, 2.24) is 0 Å². The van der Waals surface area contributed by atoms with Gasteiger partial charge in [0.1, 0.15) is 11.5 Å². The maximum absolute atomic E-state index is 12.3. The molecule has 2 aromatic carbocycles. The number of nitrogens with one attached hydrogen (secondary N) is 2. The SMILES string of the molecule is COc1cc(O)c(NC(=O)N(S)c2ccc(NC(C)=O)cc2)cc1Cl. The van der Waals surface area contributed by atoms with E-state index in [1.165, 1.54) is 26.2 Å². The second kappa shape index (κ2) is 8.00. The molecule has 3 N–H and O–H groups in total. The van der Waals surface area contributed by atoms with E-state index >= 15 is 0 Å². The lowest BCUT2D eigenvalue weighted by Gasteiger charge is -2.18. The van der Waals surface area contributed by atoms with Crippen molar-refractivity contribution in [2.24, 2.45) is 0 Å². The van der Waals surface area contributed by atoms with Crippen molar-refractivity contribution < 1.29 is 19.4 Å². The van der Waals surface area contributed by atoms with Gasteiger partial charge in [-0.2, -0.15) is 0 Å². The Morgan fingerprint density at radius 2 is 1.84 bits per heavy atom. The fourth-order valence-corrected chi connectivity index (χ4v) is 2.40. The molecule has 0 saturated carbocycles. The first-order chi connectivity index (χ1) is 11.8. The number of anilines is 3. The zero-order valence-corrected chi connectivity index (χ0v) is 15.1. The van der Waals surface area contributed by atoms with Gasteiger partial charge in [0.05, 0.1) is 23.5 Å². The number of aromatic hydroxyl groups is 1. The molecule has 0 spiro atoms. The van der Waals surface area contributed by atoms with E-state index in [0.717, 1.165) is 4.31 Å². The summed E-state index contributed by atoms with van der Waals surface area (Å²) >= 11 is 10.1. The standard InChI is InChI=1S/C16H16ClN3O4S/c1-9(21)18-10-3-5-11(6-4-10)20(25)16(23)19-13-7-12(17)15(24-2)8-14(13)22/h3-8,22,25H,1-2H3,(H,18,21)(H,19,23). The summed E-state index contributed by atoms with van der Waals surface area (Å²) < 4.78 is 6.03. The normalized spacial score (nSPS) is 10.1. The number of carbonyl (C=O) groups is 2. The number of nitrogens with zero attached hydrogens (tertiary/aromatic N) is 1. The predicted octanol–water partition coefficient (Wildman–Crippen LogP) is 3.90. The number of thiol groups is 1. The van der Waals surface area contributed by atoms with E-state index in [1.54, 1.807) is 24.3 Å². The highest BCUT2D eigenvalue weighted by Crippen LogP contribution is 2.35. The van der Waals surface area contributed by atoms with Crippen LogP contribution in [0.3, 0.4) is 0 Å². The molecule has 25 heavy (non-hydrogen) atoms. The van der Waals surface area contributed by atoms with E-state index in [-0.39, 0.29) is 28.1 Å². The molecule has 0 heterocycles. The molecule has 7 nitrogen and oxygen atoms in total. The van der Waals surface area contributed by atoms with Crippen molar-refractivity contribution in [3.63, 3.8) is 0 Å². The Hall–Kier alpha value is -2.58. The summed E-state index contributed by atoms with van der Waals surface area (Å²) in [6, 6.07) is 8.55. The fraction of sp³-hybridized carbons (Fsp3) is 0.125. The second-order valence-corrected chi connectivity index (χ2v) is 5.78. The van der Waals surface area contributed by atoms with E-state index in [1.807, 2.05) is 0 Å². The molecule has 0 aliphatic carbocycles.